The first-order chi connectivity index (χ1) is 7.83. The Bertz CT molecular complexity index is 520. The van der Waals surface area contributed by atoms with E-state index >= 15 is 0 Å². The third kappa shape index (κ3) is 2.14. The highest BCUT2D eigenvalue weighted by molar-refractivity contribution is 5.91. The lowest BCUT2D eigenvalue weighted by molar-refractivity contribution is 0.341. The molecule has 0 spiro atoms. The second kappa shape index (κ2) is 4.66. The van der Waals surface area contributed by atoms with Crippen LogP contribution in [0.25, 0.3) is 10.8 Å². The third-order valence-corrected chi connectivity index (χ3v) is 2.37. The highest BCUT2D eigenvalue weighted by Gasteiger charge is 1.97. The second-order valence-electron chi connectivity index (χ2n) is 3.48. The molecule has 2 aromatic carbocycles. The lowest BCUT2D eigenvalue weighted by Gasteiger charge is -2.05. The van der Waals surface area contributed by atoms with Crippen LogP contribution in [0.5, 0.6) is 5.75 Å². The van der Waals surface area contributed by atoms with Gasteiger partial charge in [0.25, 0.3) is 0 Å². The summed E-state index contributed by atoms with van der Waals surface area (Å²) >= 11 is 0. The van der Waals surface area contributed by atoms with E-state index in [4.69, 9.17) is 10.6 Å². The predicted molar refractivity (Wildman–Crippen MR) is 66.9 cm³/mol. The summed E-state index contributed by atoms with van der Waals surface area (Å²) in [6.45, 7) is 2.66. The zero-order valence-corrected chi connectivity index (χ0v) is 9.18. The van der Waals surface area contributed by atoms with Crippen molar-refractivity contribution in [3.63, 3.8) is 0 Å². The average Bonchev–Trinajstić information content (AvgIpc) is 2.30. The molecular weight excluding hydrogens is 200 g/mol. The summed E-state index contributed by atoms with van der Waals surface area (Å²) < 4.78 is 5.45. The Hall–Kier alpha value is -2.03. The summed E-state index contributed by atoms with van der Waals surface area (Å²) in [7, 11) is 0. The van der Waals surface area contributed by atoms with Gasteiger partial charge in [-0.25, -0.2) is 0 Å². The molecule has 0 atom stereocenters. The van der Waals surface area contributed by atoms with Crippen molar-refractivity contribution < 1.29 is 4.74 Å². The topological polar surface area (TPSA) is 47.6 Å². The van der Waals surface area contributed by atoms with Crippen LogP contribution in [0.4, 0.5) is 0 Å². The normalized spacial score (nSPS) is 11.1. The van der Waals surface area contributed by atoms with Crippen LogP contribution in [0, 0.1) is 0 Å². The van der Waals surface area contributed by atoms with E-state index in [0.29, 0.717) is 6.61 Å². The molecule has 0 heterocycles. The molecule has 0 saturated heterocycles. The number of ether oxygens (including phenoxy) is 1. The Morgan fingerprint density at radius 2 is 1.94 bits per heavy atom. The van der Waals surface area contributed by atoms with Crippen molar-refractivity contribution in [2.45, 2.75) is 6.92 Å². The average molecular weight is 214 g/mol. The number of rotatable bonds is 3. The van der Waals surface area contributed by atoms with Crippen molar-refractivity contribution in [2.24, 2.45) is 10.9 Å². The molecule has 0 aliphatic heterocycles. The highest BCUT2D eigenvalue weighted by atomic mass is 16.5. The molecule has 0 unspecified atom stereocenters. The summed E-state index contributed by atoms with van der Waals surface area (Å²) in [5.41, 5.74) is 0.999. The van der Waals surface area contributed by atoms with Gasteiger partial charge in [-0.1, -0.05) is 18.2 Å². The molecule has 0 radical (unpaired) electrons. The maximum Gasteiger partial charge on any atom is 0.119 e. The van der Waals surface area contributed by atoms with E-state index in [2.05, 4.69) is 5.10 Å². The molecule has 0 saturated carbocycles. The largest absolute Gasteiger partial charge is 0.494 e. The number of hydrogen-bond acceptors (Lipinski definition) is 3. The fraction of sp³-hybridized carbons (Fsp3) is 0.154. The van der Waals surface area contributed by atoms with E-state index in [-0.39, 0.29) is 0 Å². The van der Waals surface area contributed by atoms with E-state index in [9.17, 15) is 0 Å². The molecule has 2 rings (SSSR count). The SMILES string of the molecule is CCOc1ccc2cc(C=NN)ccc2c1. The van der Waals surface area contributed by atoms with Gasteiger partial charge >= 0.3 is 0 Å². The van der Waals surface area contributed by atoms with Crippen molar-refractivity contribution in [1.82, 2.24) is 0 Å². The number of hydrogen-bond donors (Lipinski definition) is 1. The number of hydrazone groups is 1. The minimum Gasteiger partial charge on any atom is -0.494 e. The minimum absolute atomic E-state index is 0.684. The summed E-state index contributed by atoms with van der Waals surface area (Å²) in [6.07, 6.45) is 1.63. The molecule has 0 aromatic heterocycles. The molecule has 0 fully saturated rings. The van der Waals surface area contributed by atoms with Crippen molar-refractivity contribution in [3.05, 3.63) is 42.0 Å². The molecule has 2 N–H and O–H groups in total. The zero-order chi connectivity index (χ0) is 11.4. The van der Waals surface area contributed by atoms with Gasteiger partial charge in [-0.3, -0.25) is 0 Å². The molecule has 0 aliphatic carbocycles. The van der Waals surface area contributed by atoms with Gasteiger partial charge in [-0.05, 0) is 41.5 Å². The van der Waals surface area contributed by atoms with Crippen LogP contribution in [0.15, 0.2) is 41.5 Å². The van der Waals surface area contributed by atoms with Gasteiger partial charge in [0.1, 0.15) is 5.75 Å². The van der Waals surface area contributed by atoms with Gasteiger partial charge < -0.3 is 10.6 Å². The van der Waals surface area contributed by atoms with E-state index in [1.165, 1.54) is 0 Å². The minimum atomic E-state index is 0.684. The molecule has 0 bridgehead atoms. The summed E-state index contributed by atoms with van der Waals surface area (Å²) in [5, 5.41) is 5.82. The van der Waals surface area contributed by atoms with Gasteiger partial charge in [-0.15, -0.1) is 0 Å². The van der Waals surface area contributed by atoms with Crippen molar-refractivity contribution in [3.8, 4) is 5.75 Å². The smallest absolute Gasteiger partial charge is 0.119 e. The molecule has 82 valence electrons. The zero-order valence-electron chi connectivity index (χ0n) is 9.18. The quantitative estimate of drug-likeness (QED) is 0.485. The first kappa shape index (κ1) is 10.5. The van der Waals surface area contributed by atoms with E-state index < -0.39 is 0 Å². The maximum absolute atomic E-state index is 5.45. The number of nitrogens with zero attached hydrogens (tertiary/aromatic N) is 1. The summed E-state index contributed by atoms with van der Waals surface area (Å²) in [4.78, 5) is 0. The van der Waals surface area contributed by atoms with Crippen molar-refractivity contribution >= 4 is 17.0 Å². The third-order valence-electron chi connectivity index (χ3n) is 2.37. The fourth-order valence-electron chi connectivity index (χ4n) is 1.67. The molecule has 3 heteroatoms. The monoisotopic (exact) mass is 214 g/mol. The molecule has 16 heavy (non-hydrogen) atoms. The van der Waals surface area contributed by atoms with Crippen LogP contribution in [0.3, 0.4) is 0 Å². The van der Waals surface area contributed by atoms with E-state index in [1.54, 1.807) is 6.21 Å². The summed E-state index contributed by atoms with van der Waals surface area (Å²) in [6, 6.07) is 12.1. The van der Waals surface area contributed by atoms with E-state index in [0.717, 1.165) is 22.1 Å². The first-order valence-corrected chi connectivity index (χ1v) is 5.23. The Kier molecular flexibility index (Phi) is 3.05. The van der Waals surface area contributed by atoms with Crippen molar-refractivity contribution in [2.75, 3.05) is 6.61 Å². The van der Waals surface area contributed by atoms with E-state index in [1.807, 2.05) is 43.3 Å². The van der Waals surface area contributed by atoms with Crippen LogP contribution in [0.2, 0.25) is 0 Å². The van der Waals surface area contributed by atoms with Gasteiger partial charge in [0.15, 0.2) is 0 Å². The van der Waals surface area contributed by atoms with Gasteiger partial charge in [0.2, 0.25) is 0 Å². The standard InChI is InChI=1S/C13H14N2O/c1-2-16-13-6-5-11-7-10(9-15-14)3-4-12(11)8-13/h3-9H,2,14H2,1H3. The summed E-state index contributed by atoms with van der Waals surface area (Å²) in [5.74, 6) is 6.02. The Labute approximate surface area is 94.5 Å². The molecule has 3 nitrogen and oxygen atoms in total. The Morgan fingerprint density at radius 1 is 1.19 bits per heavy atom. The maximum atomic E-state index is 5.45. The predicted octanol–water partition coefficient (Wildman–Crippen LogP) is 2.53. The molecule has 2 aromatic rings. The fourth-order valence-corrected chi connectivity index (χ4v) is 1.67. The van der Waals surface area contributed by atoms with Crippen LogP contribution < -0.4 is 10.6 Å². The molecule has 0 aliphatic rings. The molecule has 0 amide bonds. The Balaban J connectivity index is 2.44. The van der Waals surface area contributed by atoms with Gasteiger partial charge in [-0.2, -0.15) is 5.10 Å². The number of nitrogens with two attached hydrogens (primary N) is 1. The first-order valence-electron chi connectivity index (χ1n) is 5.23. The van der Waals surface area contributed by atoms with Crippen LogP contribution >= 0.6 is 0 Å². The van der Waals surface area contributed by atoms with Gasteiger partial charge in [0, 0.05) is 0 Å². The van der Waals surface area contributed by atoms with Crippen LogP contribution in [-0.4, -0.2) is 12.8 Å². The van der Waals surface area contributed by atoms with Crippen LogP contribution in [-0.2, 0) is 0 Å². The van der Waals surface area contributed by atoms with Gasteiger partial charge in [0.05, 0.1) is 12.8 Å². The second-order valence-corrected chi connectivity index (χ2v) is 3.48. The lowest BCUT2D eigenvalue weighted by atomic mass is 10.1. The van der Waals surface area contributed by atoms with Crippen LogP contribution in [0.1, 0.15) is 12.5 Å². The van der Waals surface area contributed by atoms with Crippen molar-refractivity contribution in [1.29, 1.82) is 0 Å². The number of fused-ring (bicyclic) bond motifs is 1. The highest BCUT2D eigenvalue weighted by Crippen LogP contribution is 2.21. The number of benzene rings is 2. The molecular formula is C13H14N2O. The lowest BCUT2D eigenvalue weighted by Crippen LogP contribution is -1.91. The Morgan fingerprint density at radius 3 is 2.69 bits per heavy atom.